The summed E-state index contributed by atoms with van der Waals surface area (Å²) >= 11 is 0. The Kier molecular flexibility index (Phi) is 4.38. The first kappa shape index (κ1) is 16.3. The lowest BCUT2D eigenvalue weighted by atomic mass is 9.99. The normalized spacial score (nSPS) is 20.3. The van der Waals surface area contributed by atoms with E-state index >= 15 is 0 Å². The summed E-state index contributed by atoms with van der Waals surface area (Å²) in [5, 5.41) is 10.3. The van der Waals surface area contributed by atoms with Crippen molar-refractivity contribution in [3.05, 3.63) is 54.1 Å². The Morgan fingerprint density at radius 1 is 1.42 bits per heavy atom. The highest BCUT2D eigenvalue weighted by atomic mass is 19.4. The lowest BCUT2D eigenvalue weighted by Crippen LogP contribution is -2.22. The molecule has 0 saturated heterocycles. The first-order valence-corrected chi connectivity index (χ1v) is 7.42. The standard InChI is InChI=1S/C16H14F3N5O2/c1-26-12-5-2-10(3-6-12)15(25)22-13-9-21-24(23-13)14-7-4-11(8-20-14)16(17,18)19/h2,4-10H,3H2,1H3,(H,22,23,25)/i10D. The summed E-state index contributed by atoms with van der Waals surface area (Å²) in [6.07, 6.45) is 2.06. The smallest absolute Gasteiger partial charge is 0.417 e. The van der Waals surface area contributed by atoms with Crippen LogP contribution >= 0.6 is 0 Å². The number of carbonyl (C=O) groups is 1. The van der Waals surface area contributed by atoms with Crippen molar-refractivity contribution in [1.82, 2.24) is 20.0 Å². The van der Waals surface area contributed by atoms with E-state index in [1.54, 1.807) is 6.08 Å². The molecule has 0 fully saturated rings. The third-order valence-electron chi connectivity index (χ3n) is 3.51. The third kappa shape index (κ3) is 3.90. The summed E-state index contributed by atoms with van der Waals surface area (Å²) in [5.41, 5.74) is -0.893. The van der Waals surface area contributed by atoms with E-state index in [1.165, 1.54) is 25.5 Å². The van der Waals surface area contributed by atoms with Gasteiger partial charge in [-0.2, -0.15) is 18.3 Å². The monoisotopic (exact) mass is 366 g/mol. The number of ether oxygens (including phenoxy) is 1. The van der Waals surface area contributed by atoms with Crippen LogP contribution in [0.1, 0.15) is 13.4 Å². The van der Waals surface area contributed by atoms with Crippen molar-refractivity contribution in [3.8, 4) is 5.82 Å². The van der Waals surface area contributed by atoms with Gasteiger partial charge in [-0.3, -0.25) is 4.79 Å². The van der Waals surface area contributed by atoms with E-state index in [1.807, 2.05) is 0 Å². The average molecular weight is 366 g/mol. The van der Waals surface area contributed by atoms with E-state index in [0.717, 1.165) is 16.9 Å². The molecule has 7 nitrogen and oxygen atoms in total. The van der Waals surface area contributed by atoms with Crippen molar-refractivity contribution in [2.45, 2.75) is 12.6 Å². The zero-order chi connectivity index (χ0) is 19.7. The van der Waals surface area contributed by atoms with Crippen molar-refractivity contribution >= 4 is 11.7 Å². The summed E-state index contributed by atoms with van der Waals surface area (Å²) in [5.74, 6) is -1.50. The molecule has 1 aliphatic carbocycles. The molecule has 0 bridgehead atoms. The van der Waals surface area contributed by atoms with Crippen LogP contribution < -0.4 is 5.32 Å². The fourth-order valence-corrected chi connectivity index (χ4v) is 2.15. The predicted molar refractivity (Wildman–Crippen MR) is 85.1 cm³/mol. The summed E-state index contributed by atoms with van der Waals surface area (Å²) in [6.45, 7) is 0. The predicted octanol–water partition coefficient (Wildman–Crippen LogP) is 2.73. The number of hydrogen-bond donors (Lipinski definition) is 1. The van der Waals surface area contributed by atoms with Gasteiger partial charge in [0.2, 0.25) is 5.91 Å². The second-order valence-corrected chi connectivity index (χ2v) is 5.25. The van der Waals surface area contributed by atoms with Crippen LogP contribution in [-0.4, -0.2) is 33.0 Å². The van der Waals surface area contributed by atoms with Gasteiger partial charge in [0.05, 0.1) is 24.8 Å². The Morgan fingerprint density at radius 3 is 2.81 bits per heavy atom. The largest absolute Gasteiger partial charge is 0.497 e. The topological polar surface area (TPSA) is 81.9 Å². The minimum absolute atomic E-state index is 0.0447. The van der Waals surface area contributed by atoms with Gasteiger partial charge in [-0.15, -0.1) is 9.90 Å². The molecule has 1 aliphatic rings. The molecule has 0 radical (unpaired) electrons. The Morgan fingerprint density at radius 2 is 2.23 bits per heavy atom. The maximum atomic E-state index is 12.6. The van der Waals surface area contributed by atoms with E-state index < -0.39 is 23.5 Å². The Balaban J connectivity index is 1.70. The number of nitrogens with one attached hydrogen (secondary N) is 1. The quantitative estimate of drug-likeness (QED) is 0.900. The van der Waals surface area contributed by atoms with Gasteiger partial charge >= 0.3 is 6.18 Å². The van der Waals surface area contributed by atoms with Crippen LogP contribution in [-0.2, 0) is 15.7 Å². The van der Waals surface area contributed by atoms with Crippen molar-refractivity contribution in [1.29, 1.82) is 0 Å². The highest BCUT2D eigenvalue weighted by Gasteiger charge is 2.30. The maximum Gasteiger partial charge on any atom is 0.417 e. The molecule has 136 valence electrons. The maximum absolute atomic E-state index is 12.6. The van der Waals surface area contributed by atoms with Gasteiger partial charge in [-0.25, -0.2) is 4.98 Å². The van der Waals surface area contributed by atoms with Crippen molar-refractivity contribution in [2.24, 2.45) is 5.89 Å². The molecule has 1 amide bonds. The summed E-state index contributed by atoms with van der Waals surface area (Å²) < 4.78 is 50.9. The lowest BCUT2D eigenvalue weighted by molar-refractivity contribution is -0.137. The number of amides is 1. The number of rotatable bonds is 4. The number of hydrogen-bond acceptors (Lipinski definition) is 5. The van der Waals surface area contributed by atoms with E-state index in [9.17, 15) is 18.0 Å². The Bertz CT molecular complexity index is 908. The van der Waals surface area contributed by atoms with Crippen LogP contribution in [0.2, 0.25) is 0 Å². The van der Waals surface area contributed by atoms with E-state index in [-0.39, 0.29) is 18.1 Å². The van der Waals surface area contributed by atoms with Crippen molar-refractivity contribution in [3.63, 3.8) is 0 Å². The molecule has 3 rings (SSSR count). The van der Waals surface area contributed by atoms with Gasteiger partial charge in [-0.1, -0.05) is 6.08 Å². The highest BCUT2D eigenvalue weighted by molar-refractivity contribution is 5.93. The molecule has 2 heterocycles. The molecular weight excluding hydrogens is 351 g/mol. The van der Waals surface area contributed by atoms with Crippen molar-refractivity contribution in [2.75, 3.05) is 12.4 Å². The van der Waals surface area contributed by atoms with E-state index in [4.69, 9.17) is 6.11 Å². The summed E-state index contributed by atoms with van der Waals surface area (Å²) in [6, 6.07) is 1.97. The average Bonchev–Trinajstić information content (AvgIpc) is 3.10. The van der Waals surface area contributed by atoms with E-state index in [2.05, 4.69) is 20.5 Å². The SMILES string of the molecule is [2H]C1(C(=O)Nc2cnn(-c3ccc(C(F)(F)F)cn3)n2)C=CC(OC)=CC1. The number of anilines is 1. The molecule has 2 aromatic heterocycles. The van der Waals surface area contributed by atoms with Crippen LogP contribution in [0.3, 0.4) is 0 Å². The van der Waals surface area contributed by atoms with E-state index in [0.29, 0.717) is 12.0 Å². The first-order chi connectivity index (χ1) is 12.7. The molecule has 0 saturated carbocycles. The van der Waals surface area contributed by atoms with Crippen LogP contribution in [0.25, 0.3) is 5.82 Å². The number of nitrogens with zero attached hydrogens (tertiary/aromatic N) is 4. The minimum Gasteiger partial charge on any atom is -0.497 e. The Hall–Kier alpha value is -3.17. The number of allylic oxidation sites excluding steroid dienone is 2. The summed E-state index contributed by atoms with van der Waals surface area (Å²) in [7, 11) is 1.49. The number of halogens is 3. The number of aromatic nitrogens is 4. The second-order valence-electron chi connectivity index (χ2n) is 5.25. The third-order valence-corrected chi connectivity index (χ3v) is 3.51. The molecule has 0 spiro atoms. The number of carbonyl (C=O) groups excluding carboxylic acids is 1. The lowest BCUT2D eigenvalue weighted by Gasteiger charge is -2.14. The van der Waals surface area contributed by atoms with Crippen LogP contribution in [0.15, 0.2) is 48.5 Å². The van der Waals surface area contributed by atoms with Gasteiger partial charge in [0, 0.05) is 7.57 Å². The van der Waals surface area contributed by atoms with Crippen LogP contribution in [0.5, 0.6) is 0 Å². The summed E-state index contributed by atoms with van der Waals surface area (Å²) in [4.78, 5) is 17.0. The van der Waals surface area contributed by atoms with Gasteiger partial charge in [-0.05, 0) is 30.7 Å². The first-order valence-electron chi connectivity index (χ1n) is 7.92. The molecule has 10 heteroatoms. The molecule has 2 aromatic rings. The second kappa shape index (κ2) is 6.98. The van der Waals surface area contributed by atoms with Crippen LogP contribution in [0, 0.1) is 5.89 Å². The molecule has 1 unspecified atom stereocenters. The fraction of sp³-hybridized carbons (Fsp3) is 0.250. The van der Waals surface area contributed by atoms with Crippen LogP contribution in [0.4, 0.5) is 19.0 Å². The number of pyridine rings is 1. The number of methoxy groups -OCH3 is 1. The molecule has 1 N–H and O–H groups in total. The number of alkyl halides is 3. The van der Waals surface area contributed by atoms with Crippen molar-refractivity contribution < 1.29 is 24.1 Å². The molecule has 26 heavy (non-hydrogen) atoms. The fourth-order valence-electron chi connectivity index (χ4n) is 2.15. The van der Waals surface area contributed by atoms with Gasteiger partial charge in [0.1, 0.15) is 5.76 Å². The molecule has 0 aromatic carbocycles. The zero-order valence-electron chi connectivity index (χ0n) is 14.5. The van der Waals surface area contributed by atoms with Gasteiger partial charge in [0.25, 0.3) is 0 Å². The molecule has 0 aliphatic heterocycles. The molecular formula is C16H14F3N5O2. The highest BCUT2D eigenvalue weighted by Crippen LogP contribution is 2.28. The molecule has 1 atom stereocenters. The minimum atomic E-state index is -4.49. The Labute approximate surface area is 147 Å². The van der Waals surface area contributed by atoms with Gasteiger partial charge < -0.3 is 10.1 Å². The van der Waals surface area contributed by atoms with Gasteiger partial charge in [0.15, 0.2) is 11.6 Å². The zero-order valence-corrected chi connectivity index (χ0v) is 13.5.